The highest BCUT2D eigenvalue weighted by Crippen LogP contribution is 2.09. The van der Waals surface area contributed by atoms with Crippen LogP contribution in [0, 0.1) is 6.92 Å². The van der Waals surface area contributed by atoms with E-state index in [9.17, 15) is 9.90 Å². The number of aryl methyl sites for hydroxylation is 1. The number of hydrogen-bond donors (Lipinski definition) is 1. The number of rotatable bonds is 5. The lowest BCUT2D eigenvalue weighted by Gasteiger charge is -2.26. The van der Waals surface area contributed by atoms with Gasteiger partial charge in [-0.2, -0.15) is 0 Å². The Labute approximate surface area is 102 Å². The number of pyridine rings is 1. The van der Waals surface area contributed by atoms with Crippen molar-refractivity contribution in [2.75, 3.05) is 13.6 Å². The minimum atomic E-state index is -1.29. The molecular formula is C13H20N2O2. The molecular weight excluding hydrogens is 216 g/mol. The number of hydrogen-bond acceptors (Lipinski definition) is 4. The van der Waals surface area contributed by atoms with E-state index in [0.717, 1.165) is 11.4 Å². The van der Waals surface area contributed by atoms with Gasteiger partial charge in [-0.25, -0.2) is 0 Å². The molecule has 0 bridgehead atoms. The van der Waals surface area contributed by atoms with E-state index in [2.05, 4.69) is 4.98 Å². The lowest BCUT2D eigenvalue weighted by molar-refractivity contribution is -0.135. The van der Waals surface area contributed by atoms with Crippen LogP contribution in [0.4, 0.5) is 0 Å². The van der Waals surface area contributed by atoms with Crippen molar-refractivity contribution in [3.05, 3.63) is 29.6 Å². The van der Waals surface area contributed by atoms with Crippen molar-refractivity contribution >= 4 is 5.78 Å². The fourth-order valence-electron chi connectivity index (χ4n) is 1.66. The molecule has 1 N–H and O–H groups in total. The van der Waals surface area contributed by atoms with Crippen molar-refractivity contribution in [2.45, 2.75) is 32.9 Å². The minimum absolute atomic E-state index is 0.221. The average Bonchev–Trinajstić information content (AvgIpc) is 2.15. The molecule has 4 heteroatoms. The smallest absolute Gasteiger partial charge is 0.162 e. The standard InChI is InChI=1S/C13H20N2O2/c1-10-6-5-7-12(14-10)8-15(4)9-13(3,17)11(2)16/h5-7,17H,8-9H2,1-4H3. The molecule has 1 aromatic heterocycles. The number of carbonyl (C=O) groups excluding carboxylic acids is 1. The molecule has 4 nitrogen and oxygen atoms in total. The van der Waals surface area contributed by atoms with Gasteiger partial charge >= 0.3 is 0 Å². The Morgan fingerprint density at radius 3 is 2.71 bits per heavy atom. The van der Waals surface area contributed by atoms with Crippen molar-refractivity contribution in [2.24, 2.45) is 0 Å². The van der Waals surface area contributed by atoms with Crippen molar-refractivity contribution in [1.29, 1.82) is 0 Å². The molecule has 0 saturated carbocycles. The van der Waals surface area contributed by atoms with Gasteiger partial charge in [-0.1, -0.05) is 6.07 Å². The molecule has 0 aromatic carbocycles. The molecule has 1 atom stereocenters. The quantitative estimate of drug-likeness (QED) is 0.833. The van der Waals surface area contributed by atoms with Crippen molar-refractivity contribution in [1.82, 2.24) is 9.88 Å². The lowest BCUT2D eigenvalue weighted by atomic mass is 10.0. The maximum Gasteiger partial charge on any atom is 0.162 e. The molecule has 1 aromatic rings. The van der Waals surface area contributed by atoms with Crippen LogP contribution in [-0.2, 0) is 11.3 Å². The second kappa shape index (κ2) is 5.38. The lowest BCUT2D eigenvalue weighted by Crippen LogP contribution is -2.44. The van der Waals surface area contributed by atoms with Crippen molar-refractivity contribution in [3.63, 3.8) is 0 Å². The summed E-state index contributed by atoms with van der Waals surface area (Å²) in [6.07, 6.45) is 0. The number of aliphatic hydroxyl groups is 1. The summed E-state index contributed by atoms with van der Waals surface area (Å²) < 4.78 is 0. The highest BCUT2D eigenvalue weighted by atomic mass is 16.3. The summed E-state index contributed by atoms with van der Waals surface area (Å²) in [6, 6.07) is 5.83. The van der Waals surface area contributed by atoms with E-state index in [1.54, 1.807) is 0 Å². The third-order valence-electron chi connectivity index (χ3n) is 2.71. The van der Waals surface area contributed by atoms with Crippen LogP contribution < -0.4 is 0 Å². The van der Waals surface area contributed by atoms with Crippen LogP contribution in [0.3, 0.4) is 0 Å². The zero-order valence-electron chi connectivity index (χ0n) is 10.9. The summed E-state index contributed by atoms with van der Waals surface area (Å²) in [7, 11) is 1.86. The van der Waals surface area contributed by atoms with Gasteiger partial charge in [0.25, 0.3) is 0 Å². The summed E-state index contributed by atoms with van der Waals surface area (Å²) in [4.78, 5) is 17.5. The number of aromatic nitrogens is 1. The van der Waals surface area contributed by atoms with Crippen molar-refractivity contribution < 1.29 is 9.90 Å². The first-order chi connectivity index (χ1) is 7.81. The molecule has 0 saturated heterocycles. The van der Waals surface area contributed by atoms with Gasteiger partial charge in [0.15, 0.2) is 5.78 Å². The normalized spacial score (nSPS) is 14.7. The van der Waals surface area contributed by atoms with Gasteiger partial charge in [0.1, 0.15) is 5.60 Å². The van der Waals surface area contributed by atoms with E-state index in [1.165, 1.54) is 13.8 Å². The van der Waals surface area contributed by atoms with E-state index >= 15 is 0 Å². The molecule has 0 amide bonds. The summed E-state index contributed by atoms with van der Waals surface area (Å²) in [6.45, 7) is 5.80. The number of likely N-dealkylation sites (N-methyl/N-ethyl adjacent to an activating group) is 1. The van der Waals surface area contributed by atoms with E-state index < -0.39 is 5.60 Å². The van der Waals surface area contributed by atoms with Gasteiger partial charge in [-0.3, -0.25) is 14.7 Å². The largest absolute Gasteiger partial charge is 0.381 e. The van der Waals surface area contributed by atoms with E-state index in [4.69, 9.17) is 0 Å². The first-order valence-electron chi connectivity index (χ1n) is 5.66. The Morgan fingerprint density at radius 1 is 1.53 bits per heavy atom. The van der Waals surface area contributed by atoms with Crippen LogP contribution >= 0.6 is 0 Å². The molecule has 1 rings (SSSR count). The van der Waals surface area contributed by atoms with Crippen molar-refractivity contribution in [3.8, 4) is 0 Å². The fourth-order valence-corrected chi connectivity index (χ4v) is 1.66. The van der Waals surface area contributed by atoms with Gasteiger partial charge < -0.3 is 5.11 Å². The van der Waals surface area contributed by atoms with Crippen LogP contribution in [-0.4, -0.2) is 40.0 Å². The second-order valence-electron chi connectivity index (χ2n) is 4.77. The zero-order valence-corrected chi connectivity index (χ0v) is 10.9. The van der Waals surface area contributed by atoms with Crippen LogP contribution in [0.1, 0.15) is 25.2 Å². The van der Waals surface area contributed by atoms with Crippen LogP contribution in [0.15, 0.2) is 18.2 Å². The second-order valence-corrected chi connectivity index (χ2v) is 4.77. The maximum absolute atomic E-state index is 11.2. The number of Topliss-reactive ketones (excluding diaryl/α,β-unsaturated/α-hetero) is 1. The maximum atomic E-state index is 11.2. The van der Waals surface area contributed by atoms with Crippen LogP contribution in [0.2, 0.25) is 0 Å². The number of carbonyl (C=O) groups is 1. The van der Waals surface area contributed by atoms with E-state index in [-0.39, 0.29) is 5.78 Å². The summed E-state index contributed by atoms with van der Waals surface area (Å²) in [5.41, 5.74) is 0.611. The van der Waals surface area contributed by atoms with E-state index in [0.29, 0.717) is 13.1 Å². The molecule has 1 unspecified atom stereocenters. The summed E-state index contributed by atoms with van der Waals surface area (Å²) in [5, 5.41) is 9.88. The first-order valence-corrected chi connectivity index (χ1v) is 5.66. The topological polar surface area (TPSA) is 53.4 Å². The predicted octanol–water partition coefficient (Wildman–Crippen LogP) is 1.16. The van der Waals surface area contributed by atoms with Gasteiger partial charge in [0, 0.05) is 18.8 Å². The molecule has 0 fully saturated rings. The first kappa shape index (κ1) is 13.8. The molecule has 0 aliphatic rings. The van der Waals surface area contributed by atoms with Gasteiger partial charge in [-0.05, 0) is 40.0 Å². The van der Waals surface area contributed by atoms with E-state index in [1.807, 2.05) is 37.1 Å². The number of ketones is 1. The van der Waals surface area contributed by atoms with Gasteiger partial charge in [0.05, 0.1) is 5.69 Å². The predicted molar refractivity (Wildman–Crippen MR) is 66.6 cm³/mol. The molecule has 0 spiro atoms. The Bertz CT molecular complexity index is 402. The third kappa shape index (κ3) is 4.24. The van der Waals surface area contributed by atoms with Crippen LogP contribution in [0.5, 0.6) is 0 Å². The highest BCUT2D eigenvalue weighted by Gasteiger charge is 2.27. The monoisotopic (exact) mass is 236 g/mol. The molecule has 0 aliphatic heterocycles. The summed E-state index contributed by atoms with van der Waals surface area (Å²) in [5.74, 6) is -0.221. The molecule has 94 valence electrons. The SMILES string of the molecule is CC(=O)C(C)(O)CN(C)Cc1cccc(C)n1. The Balaban J connectivity index is 2.61. The zero-order chi connectivity index (χ0) is 13.1. The molecule has 17 heavy (non-hydrogen) atoms. The highest BCUT2D eigenvalue weighted by molar-refractivity contribution is 5.84. The third-order valence-corrected chi connectivity index (χ3v) is 2.71. The fraction of sp³-hybridized carbons (Fsp3) is 0.538. The van der Waals surface area contributed by atoms with Crippen LogP contribution in [0.25, 0.3) is 0 Å². The summed E-state index contributed by atoms with van der Waals surface area (Å²) >= 11 is 0. The average molecular weight is 236 g/mol. The minimum Gasteiger partial charge on any atom is -0.381 e. The van der Waals surface area contributed by atoms with Gasteiger partial charge in [0.2, 0.25) is 0 Å². The Kier molecular flexibility index (Phi) is 4.37. The Morgan fingerprint density at radius 2 is 2.18 bits per heavy atom. The molecule has 0 radical (unpaired) electrons. The molecule has 1 heterocycles. The molecule has 0 aliphatic carbocycles. The Hall–Kier alpha value is -1.26. The van der Waals surface area contributed by atoms with Gasteiger partial charge in [-0.15, -0.1) is 0 Å². The number of nitrogens with zero attached hydrogens (tertiary/aromatic N) is 2.